The summed E-state index contributed by atoms with van der Waals surface area (Å²) < 4.78 is 0. The highest BCUT2D eigenvalue weighted by atomic mass is 16.2. The predicted molar refractivity (Wildman–Crippen MR) is 47.7 cm³/mol. The molecule has 0 atom stereocenters. The van der Waals surface area contributed by atoms with Gasteiger partial charge in [0.1, 0.15) is 0 Å². The van der Waals surface area contributed by atoms with Crippen molar-refractivity contribution < 1.29 is 9.59 Å². The lowest BCUT2D eigenvalue weighted by Crippen LogP contribution is -2.48. The fraction of sp³-hybridized carbons (Fsp3) is 0.556. The third kappa shape index (κ3) is 2.86. The molecule has 0 rings (SSSR count). The van der Waals surface area contributed by atoms with Gasteiger partial charge in [-0.2, -0.15) is 0 Å². The number of rotatable bonds is 3. The minimum Gasteiger partial charge on any atom is -0.340 e. The van der Waals surface area contributed by atoms with E-state index in [0.717, 1.165) is 0 Å². The monoisotopic (exact) mass is 169 g/mol. The predicted octanol–water partition coefficient (Wildman–Crippen LogP) is 1.05. The first kappa shape index (κ1) is 10.9. The van der Waals surface area contributed by atoms with Crippen LogP contribution in [-0.2, 0) is 9.59 Å². The Hall–Kier alpha value is -1.12. The Bertz CT molecular complexity index is 229. The van der Waals surface area contributed by atoms with E-state index in [0.29, 0.717) is 5.57 Å². The number of carbonyl (C=O) groups excluding carboxylic acids is 2. The summed E-state index contributed by atoms with van der Waals surface area (Å²) in [5.74, 6) is -0.354. The average molecular weight is 169 g/mol. The van der Waals surface area contributed by atoms with Crippen molar-refractivity contribution in [3.8, 4) is 0 Å². The van der Waals surface area contributed by atoms with E-state index < -0.39 is 5.54 Å². The molecule has 0 aromatic rings. The normalized spacial score (nSPS) is 10.7. The highest BCUT2D eigenvalue weighted by Gasteiger charge is 2.25. The zero-order chi connectivity index (χ0) is 9.94. The molecule has 0 fully saturated rings. The van der Waals surface area contributed by atoms with Crippen molar-refractivity contribution in [1.29, 1.82) is 0 Å². The molecule has 0 bridgehead atoms. The van der Waals surface area contributed by atoms with Crippen LogP contribution in [0.2, 0.25) is 0 Å². The van der Waals surface area contributed by atoms with Gasteiger partial charge in [0.25, 0.3) is 0 Å². The Labute approximate surface area is 72.8 Å². The molecule has 1 N–H and O–H groups in total. The molecule has 12 heavy (non-hydrogen) atoms. The second kappa shape index (κ2) is 3.52. The molecular weight excluding hydrogens is 154 g/mol. The van der Waals surface area contributed by atoms with Crippen LogP contribution in [0.3, 0.4) is 0 Å². The van der Waals surface area contributed by atoms with Crippen molar-refractivity contribution in [2.24, 2.45) is 0 Å². The van der Waals surface area contributed by atoms with Crippen LogP contribution in [0.15, 0.2) is 12.2 Å². The number of Topliss-reactive ketones (excluding diaryl/α,β-unsaturated/α-hetero) is 1. The Kier molecular flexibility index (Phi) is 3.19. The molecule has 0 saturated heterocycles. The molecule has 68 valence electrons. The van der Waals surface area contributed by atoms with Gasteiger partial charge in [0, 0.05) is 5.57 Å². The Morgan fingerprint density at radius 2 is 1.67 bits per heavy atom. The lowest BCUT2D eigenvalue weighted by atomic mass is 10.0. The molecule has 3 heteroatoms. The van der Waals surface area contributed by atoms with Gasteiger partial charge in [-0.05, 0) is 27.7 Å². The van der Waals surface area contributed by atoms with E-state index in [9.17, 15) is 9.59 Å². The Morgan fingerprint density at radius 3 is 1.92 bits per heavy atom. The third-order valence-corrected chi connectivity index (χ3v) is 1.69. The van der Waals surface area contributed by atoms with Crippen molar-refractivity contribution >= 4 is 11.7 Å². The maximum atomic E-state index is 11.1. The first-order valence-electron chi connectivity index (χ1n) is 3.76. The second-order valence-corrected chi connectivity index (χ2v) is 3.42. The number of hydrogen-bond donors (Lipinski definition) is 1. The molecule has 0 saturated carbocycles. The Balaban J connectivity index is 4.35. The van der Waals surface area contributed by atoms with Crippen LogP contribution in [0.25, 0.3) is 0 Å². The standard InChI is InChI=1S/C9H15NO2/c1-6(2)8(12)10-9(4,5)7(3)11/h1H2,2-5H3,(H,10,12). The molecule has 3 nitrogen and oxygen atoms in total. The fourth-order valence-electron chi connectivity index (χ4n) is 0.479. The largest absolute Gasteiger partial charge is 0.340 e. The number of amides is 1. The topological polar surface area (TPSA) is 46.2 Å². The van der Waals surface area contributed by atoms with Crippen LogP contribution in [0, 0.1) is 0 Å². The van der Waals surface area contributed by atoms with Crippen LogP contribution in [0.1, 0.15) is 27.7 Å². The van der Waals surface area contributed by atoms with E-state index in [1.807, 2.05) is 0 Å². The summed E-state index contributed by atoms with van der Waals surface area (Å²) in [6, 6.07) is 0. The number of carbonyl (C=O) groups is 2. The van der Waals surface area contributed by atoms with E-state index in [4.69, 9.17) is 0 Å². The minimum absolute atomic E-state index is 0.0721. The van der Waals surface area contributed by atoms with Gasteiger partial charge in [-0.1, -0.05) is 6.58 Å². The zero-order valence-electron chi connectivity index (χ0n) is 8.02. The van der Waals surface area contributed by atoms with Crippen molar-refractivity contribution in [1.82, 2.24) is 5.32 Å². The third-order valence-electron chi connectivity index (χ3n) is 1.69. The molecule has 0 aliphatic carbocycles. The SMILES string of the molecule is C=C(C)C(=O)NC(C)(C)C(C)=O. The van der Waals surface area contributed by atoms with E-state index in [1.165, 1.54) is 6.92 Å². The quantitative estimate of drug-likeness (QED) is 0.642. The van der Waals surface area contributed by atoms with Crippen LogP contribution >= 0.6 is 0 Å². The molecule has 0 aliphatic heterocycles. The highest BCUT2D eigenvalue weighted by Crippen LogP contribution is 2.04. The van der Waals surface area contributed by atoms with Crippen molar-refractivity contribution in [3.05, 3.63) is 12.2 Å². The van der Waals surface area contributed by atoms with E-state index in [1.54, 1.807) is 20.8 Å². The van der Waals surface area contributed by atoms with Gasteiger partial charge in [-0.25, -0.2) is 0 Å². The van der Waals surface area contributed by atoms with E-state index >= 15 is 0 Å². The summed E-state index contributed by atoms with van der Waals surface area (Å²) in [6.07, 6.45) is 0. The second-order valence-electron chi connectivity index (χ2n) is 3.42. The van der Waals surface area contributed by atoms with Gasteiger partial charge >= 0.3 is 0 Å². The Morgan fingerprint density at radius 1 is 1.25 bits per heavy atom. The van der Waals surface area contributed by atoms with Crippen LogP contribution in [0.5, 0.6) is 0 Å². The van der Waals surface area contributed by atoms with Gasteiger partial charge in [-0.3, -0.25) is 9.59 Å². The van der Waals surface area contributed by atoms with E-state index in [2.05, 4.69) is 11.9 Å². The molecular formula is C9H15NO2. The molecule has 0 aromatic heterocycles. The molecule has 0 unspecified atom stereocenters. The molecule has 0 radical (unpaired) electrons. The maximum Gasteiger partial charge on any atom is 0.247 e. The molecule has 0 heterocycles. The summed E-state index contributed by atoms with van der Waals surface area (Å²) in [6.45, 7) is 9.85. The van der Waals surface area contributed by atoms with Gasteiger partial charge in [0.15, 0.2) is 5.78 Å². The highest BCUT2D eigenvalue weighted by molar-refractivity contribution is 5.97. The zero-order valence-corrected chi connectivity index (χ0v) is 8.02. The number of ketones is 1. The smallest absolute Gasteiger partial charge is 0.247 e. The lowest BCUT2D eigenvalue weighted by molar-refractivity contribution is -0.127. The summed E-state index contributed by atoms with van der Waals surface area (Å²) in [5.41, 5.74) is -0.389. The van der Waals surface area contributed by atoms with Crippen LogP contribution < -0.4 is 5.32 Å². The molecule has 1 amide bonds. The van der Waals surface area contributed by atoms with Crippen LogP contribution in [0.4, 0.5) is 0 Å². The van der Waals surface area contributed by atoms with Gasteiger partial charge in [0.2, 0.25) is 5.91 Å². The van der Waals surface area contributed by atoms with Crippen molar-refractivity contribution in [3.63, 3.8) is 0 Å². The summed E-state index contributed by atoms with van der Waals surface area (Å²) in [5, 5.41) is 2.57. The molecule has 0 aliphatic rings. The van der Waals surface area contributed by atoms with Gasteiger partial charge in [0.05, 0.1) is 5.54 Å². The van der Waals surface area contributed by atoms with E-state index in [-0.39, 0.29) is 11.7 Å². The van der Waals surface area contributed by atoms with Gasteiger partial charge < -0.3 is 5.32 Å². The first-order chi connectivity index (χ1) is 5.27. The lowest BCUT2D eigenvalue weighted by Gasteiger charge is -2.22. The molecule has 0 spiro atoms. The fourth-order valence-corrected chi connectivity index (χ4v) is 0.479. The summed E-state index contributed by atoms with van der Waals surface area (Å²) >= 11 is 0. The van der Waals surface area contributed by atoms with Gasteiger partial charge in [-0.15, -0.1) is 0 Å². The maximum absolute atomic E-state index is 11.1. The first-order valence-corrected chi connectivity index (χ1v) is 3.76. The minimum atomic E-state index is -0.796. The van der Waals surface area contributed by atoms with Crippen LogP contribution in [-0.4, -0.2) is 17.2 Å². The average Bonchev–Trinajstić information content (AvgIpc) is 1.85. The van der Waals surface area contributed by atoms with Crippen molar-refractivity contribution in [2.75, 3.05) is 0 Å². The summed E-state index contributed by atoms with van der Waals surface area (Å²) in [4.78, 5) is 22.1. The number of hydrogen-bond acceptors (Lipinski definition) is 2. The van der Waals surface area contributed by atoms with Crippen molar-refractivity contribution in [2.45, 2.75) is 33.2 Å². The summed E-state index contributed by atoms with van der Waals surface area (Å²) in [7, 11) is 0. The molecule has 0 aromatic carbocycles. The number of nitrogens with one attached hydrogen (secondary N) is 1.